The minimum absolute atomic E-state index is 0.798. The van der Waals surface area contributed by atoms with Gasteiger partial charge in [-0.1, -0.05) is 6.07 Å². The molecule has 0 aliphatic carbocycles. The Morgan fingerprint density at radius 2 is 2.05 bits per heavy atom. The number of amides is 1. The predicted octanol–water partition coefficient (Wildman–Crippen LogP) is 2.84. The van der Waals surface area contributed by atoms with E-state index in [1.165, 1.54) is 0 Å². The van der Waals surface area contributed by atoms with Gasteiger partial charge in [0.25, 0.3) is 5.69 Å². The first-order valence-corrected chi connectivity index (χ1v) is 4.64. The van der Waals surface area contributed by atoms with Gasteiger partial charge in [-0.15, -0.1) is 0 Å². The van der Waals surface area contributed by atoms with Gasteiger partial charge in [-0.05, 0) is 6.07 Å². The standard InChI is InChI=1S/C9H6F4N2O4/c10-5-2-1-3-6(15(17)18)7(5)14-8(16)19-4-9(11,12)13/h1-3H,4H2,(H,14,16). The molecule has 0 saturated heterocycles. The number of halogens is 4. The molecule has 0 aromatic heterocycles. The Labute approximate surface area is 103 Å². The molecule has 0 unspecified atom stereocenters. The van der Waals surface area contributed by atoms with Gasteiger partial charge in [-0.25, -0.2) is 9.18 Å². The van der Waals surface area contributed by atoms with Gasteiger partial charge < -0.3 is 4.74 Å². The fourth-order valence-electron chi connectivity index (χ4n) is 1.07. The number of hydrogen-bond acceptors (Lipinski definition) is 4. The molecule has 104 valence electrons. The second kappa shape index (κ2) is 5.50. The molecule has 0 radical (unpaired) electrons. The Kier molecular flexibility index (Phi) is 4.25. The summed E-state index contributed by atoms with van der Waals surface area (Å²) in [5, 5.41) is 12.1. The van der Waals surface area contributed by atoms with Crippen LogP contribution in [0.1, 0.15) is 0 Å². The molecule has 1 N–H and O–H groups in total. The number of hydrogen-bond donors (Lipinski definition) is 1. The molecule has 0 aliphatic rings. The van der Waals surface area contributed by atoms with Crippen molar-refractivity contribution in [1.29, 1.82) is 0 Å². The quantitative estimate of drug-likeness (QED) is 0.525. The van der Waals surface area contributed by atoms with Crippen LogP contribution in [-0.2, 0) is 4.74 Å². The number of rotatable bonds is 3. The molecule has 10 heteroatoms. The van der Waals surface area contributed by atoms with Crippen molar-refractivity contribution in [2.24, 2.45) is 0 Å². The molecule has 0 spiro atoms. The monoisotopic (exact) mass is 282 g/mol. The van der Waals surface area contributed by atoms with Crippen LogP contribution in [0.25, 0.3) is 0 Å². The summed E-state index contributed by atoms with van der Waals surface area (Å²) in [7, 11) is 0. The fourth-order valence-corrected chi connectivity index (χ4v) is 1.07. The van der Waals surface area contributed by atoms with Gasteiger partial charge in [0.1, 0.15) is 0 Å². The van der Waals surface area contributed by atoms with E-state index in [1.54, 1.807) is 5.32 Å². The highest BCUT2D eigenvalue weighted by Crippen LogP contribution is 2.27. The van der Waals surface area contributed by atoms with E-state index in [0.29, 0.717) is 0 Å². The van der Waals surface area contributed by atoms with Gasteiger partial charge in [0.05, 0.1) is 4.92 Å². The minimum atomic E-state index is -4.75. The first-order chi connectivity index (χ1) is 8.70. The third kappa shape index (κ3) is 4.41. The number of para-hydroxylation sites is 1. The summed E-state index contributed by atoms with van der Waals surface area (Å²) in [5.41, 5.74) is -1.66. The summed E-state index contributed by atoms with van der Waals surface area (Å²) in [6.45, 7) is -1.89. The molecular weight excluding hydrogens is 276 g/mol. The maximum Gasteiger partial charge on any atom is 0.422 e. The van der Waals surface area contributed by atoms with Crippen molar-refractivity contribution < 1.29 is 32.0 Å². The SMILES string of the molecule is O=C(Nc1c(F)cccc1[N+](=O)[O-])OCC(F)(F)F. The summed E-state index contributed by atoms with van der Waals surface area (Å²) in [6.07, 6.45) is -6.40. The Bertz CT molecular complexity index is 503. The topological polar surface area (TPSA) is 81.5 Å². The van der Waals surface area contributed by atoms with Crippen molar-refractivity contribution in [1.82, 2.24) is 0 Å². The number of nitrogens with one attached hydrogen (secondary N) is 1. The summed E-state index contributed by atoms with van der Waals surface area (Å²) in [5.74, 6) is -1.17. The van der Waals surface area contributed by atoms with Gasteiger partial charge >= 0.3 is 12.3 Å². The molecule has 0 bridgehead atoms. The van der Waals surface area contributed by atoms with E-state index in [2.05, 4.69) is 4.74 Å². The predicted molar refractivity (Wildman–Crippen MR) is 54.1 cm³/mol. The number of ether oxygens (including phenoxy) is 1. The van der Waals surface area contributed by atoms with E-state index < -0.39 is 41.0 Å². The van der Waals surface area contributed by atoms with Crippen molar-refractivity contribution in [3.05, 3.63) is 34.1 Å². The summed E-state index contributed by atoms with van der Waals surface area (Å²) < 4.78 is 52.2. The number of nitrogens with zero attached hydrogens (tertiary/aromatic N) is 1. The molecule has 0 heterocycles. The number of anilines is 1. The minimum Gasteiger partial charge on any atom is -0.440 e. The van der Waals surface area contributed by atoms with Crippen LogP contribution >= 0.6 is 0 Å². The van der Waals surface area contributed by atoms with Gasteiger partial charge in [0, 0.05) is 6.07 Å². The molecule has 1 amide bonds. The number of nitro benzene ring substituents is 1. The van der Waals surface area contributed by atoms with E-state index >= 15 is 0 Å². The Morgan fingerprint density at radius 1 is 1.42 bits per heavy atom. The second-order valence-corrected chi connectivity index (χ2v) is 3.21. The van der Waals surface area contributed by atoms with Crippen molar-refractivity contribution in [3.63, 3.8) is 0 Å². The van der Waals surface area contributed by atoms with Crippen LogP contribution in [0.2, 0.25) is 0 Å². The van der Waals surface area contributed by atoms with Crippen LogP contribution in [0.5, 0.6) is 0 Å². The van der Waals surface area contributed by atoms with Crippen LogP contribution in [0.3, 0.4) is 0 Å². The first-order valence-electron chi connectivity index (χ1n) is 4.64. The smallest absolute Gasteiger partial charge is 0.422 e. The lowest BCUT2D eigenvalue weighted by atomic mass is 10.2. The van der Waals surface area contributed by atoms with Crippen LogP contribution in [0.4, 0.5) is 33.7 Å². The highest BCUT2D eigenvalue weighted by atomic mass is 19.4. The highest BCUT2D eigenvalue weighted by molar-refractivity contribution is 5.88. The van der Waals surface area contributed by atoms with Crippen LogP contribution < -0.4 is 5.32 Å². The molecule has 0 atom stereocenters. The van der Waals surface area contributed by atoms with Gasteiger partial charge in [0.15, 0.2) is 18.1 Å². The fraction of sp³-hybridized carbons (Fsp3) is 0.222. The number of benzene rings is 1. The average molecular weight is 282 g/mol. The Morgan fingerprint density at radius 3 is 2.58 bits per heavy atom. The van der Waals surface area contributed by atoms with E-state index in [4.69, 9.17) is 0 Å². The molecule has 0 fully saturated rings. The second-order valence-electron chi connectivity index (χ2n) is 3.21. The van der Waals surface area contributed by atoms with Crippen LogP contribution in [0, 0.1) is 15.9 Å². The molecule has 1 aromatic carbocycles. The Hall–Kier alpha value is -2.39. The number of alkyl halides is 3. The zero-order chi connectivity index (χ0) is 14.6. The number of nitro groups is 1. The molecular formula is C9H6F4N2O4. The van der Waals surface area contributed by atoms with Crippen LogP contribution in [-0.4, -0.2) is 23.8 Å². The van der Waals surface area contributed by atoms with E-state index in [0.717, 1.165) is 18.2 Å². The normalized spacial score (nSPS) is 10.9. The molecule has 0 saturated carbocycles. The van der Waals surface area contributed by atoms with E-state index in [1.807, 2.05) is 0 Å². The van der Waals surface area contributed by atoms with Crippen molar-refractivity contribution in [2.75, 3.05) is 11.9 Å². The maximum atomic E-state index is 13.2. The third-order valence-corrected chi connectivity index (χ3v) is 1.78. The maximum absolute atomic E-state index is 13.2. The molecule has 1 rings (SSSR count). The summed E-state index contributed by atoms with van der Waals surface area (Å²) in [6, 6.07) is 2.69. The van der Waals surface area contributed by atoms with Crippen LogP contribution in [0.15, 0.2) is 18.2 Å². The van der Waals surface area contributed by atoms with Crippen molar-refractivity contribution in [3.8, 4) is 0 Å². The Balaban J connectivity index is 2.82. The zero-order valence-corrected chi connectivity index (χ0v) is 9.03. The third-order valence-electron chi connectivity index (χ3n) is 1.78. The van der Waals surface area contributed by atoms with Crippen molar-refractivity contribution in [2.45, 2.75) is 6.18 Å². The highest BCUT2D eigenvalue weighted by Gasteiger charge is 2.30. The number of carbonyl (C=O) groups is 1. The van der Waals surface area contributed by atoms with Gasteiger partial charge in [-0.3, -0.25) is 15.4 Å². The summed E-state index contributed by atoms with van der Waals surface area (Å²) in [4.78, 5) is 20.5. The van der Waals surface area contributed by atoms with E-state index in [-0.39, 0.29) is 0 Å². The zero-order valence-electron chi connectivity index (χ0n) is 9.03. The molecule has 6 nitrogen and oxygen atoms in total. The van der Waals surface area contributed by atoms with Gasteiger partial charge in [0.2, 0.25) is 0 Å². The van der Waals surface area contributed by atoms with E-state index in [9.17, 15) is 32.5 Å². The summed E-state index contributed by atoms with van der Waals surface area (Å²) >= 11 is 0. The lowest BCUT2D eigenvalue weighted by Crippen LogP contribution is -2.24. The van der Waals surface area contributed by atoms with Crippen molar-refractivity contribution >= 4 is 17.5 Å². The number of carbonyl (C=O) groups excluding carboxylic acids is 1. The lowest BCUT2D eigenvalue weighted by molar-refractivity contribution is -0.384. The molecule has 1 aromatic rings. The molecule has 0 aliphatic heterocycles. The lowest BCUT2D eigenvalue weighted by Gasteiger charge is -2.09. The first kappa shape index (κ1) is 14.7. The van der Waals surface area contributed by atoms with Gasteiger partial charge in [-0.2, -0.15) is 13.2 Å². The largest absolute Gasteiger partial charge is 0.440 e. The molecule has 19 heavy (non-hydrogen) atoms. The average Bonchev–Trinajstić information content (AvgIpc) is 2.28.